The highest BCUT2D eigenvalue weighted by Crippen LogP contribution is 2.45. The molecule has 1 aliphatic rings. The minimum Gasteiger partial charge on any atom is -0.489 e. The van der Waals surface area contributed by atoms with Crippen molar-refractivity contribution in [2.75, 3.05) is 0 Å². The van der Waals surface area contributed by atoms with Crippen molar-refractivity contribution in [3.8, 4) is 22.8 Å². The lowest BCUT2D eigenvalue weighted by molar-refractivity contribution is -0.274. The van der Waals surface area contributed by atoms with Crippen LogP contribution in [0.25, 0.3) is 17.3 Å². The molecule has 0 amide bonds. The zero-order valence-electron chi connectivity index (χ0n) is 15.7. The Labute approximate surface area is 175 Å². The molecule has 1 saturated carbocycles. The van der Waals surface area contributed by atoms with Gasteiger partial charge in [0.25, 0.3) is 0 Å². The normalized spacial score (nSPS) is 13.9. The summed E-state index contributed by atoms with van der Waals surface area (Å²) in [5.74, 6) is 0.979. The zero-order valence-corrected chi connectivity index (χ0v) is 16.5. The second-order valence-electron chi connectivity index (χ2n) is 6.87. The third-order valence-electron chi connectivity index (χ3n) is 4.71. The Bertz CT molecular complexity index is 1070. The standard InChI is InChI=1S/C22H17ClF3NO3/c1-2-13-9-10-15(11-18(13)23)28-12-17-20(27-30-21(17)14-7-8-14)16-5-3-4-6-19(16)29-22(24,25)26/h2-6,9-11,14H,1,7-8,12H2. The molecule has 1 heterocycles. The highest BCUT2D eigenvalue weighted by Gasteiger charge is 2.35. The van der Waals surface area contributed by atoms with Crippen LogP contribution in [0.4, 0.5) is 13.2 Å². The van der Waals surface area contributed by atoms with Crippen LogP contribution in [0.1, 0.15) is 35.6 Å². The molecule has 30 heavy (non-hydrogen) atoms. The van der Waals surface area contributed by atoms with E-state index in [2.05, 4.69) is 16.5 Å². The maximum Gasteiger partial charge on any atom is 0.573 e. The predicted octanol–water partition coefficient (Wildman–Crippen LogP) is 6.99. The first kappa shape index (κ1) is 20.3. The molecule has 8 heteroatoms. The second-order valence-corrected chi connectivity index (χ2v) is 7.28. The number of alkyl halides is 3. The van der Waals surface area contributed by atoms with Crippen LogP contribution in [-0.4, -0.2) is 11.5 Å². The lowest BCUT2D eigenvalue weighted by atomic mass is 10.0. The first-order valence-corrected chi connectivity index (χ1v) is 9.62. The lowest BCUT2D eigenvalue weighted by Gasteiger charge is -2.13. The van der Waals surface area contributed by atoms with E-state index in [4.69, 9.17) is 20.9 Å². The molecule has 0 aliphatic heterocycles. The summed E-state index contributed by atoms with van der Waals surface area (Å²) < 4.78 is 54.1. The molecule has 2 aromatic carbocycles. The highest BCUT2D eigenvalue weighted by molar-refractivity contribution is 6.32. The van der Waals surface area contributed by atoms with Crippen LogP contribution in [0.3, 0.4) is 0 Å². The summed E-state index contributed by atoms with van der Waals surface area (Å²) in [7, 11) is 0. The molecular weight excluding hydrogens is 419 g/mol. The van der Waals surface area contributed by atoms with Gasteiger partial charge in [0, 0.05) is 11.5 Å². The fourth-order valence-corrected chi connectivity index (χ4v) is 3.38. The third-order valence-corrected chi connectivity index (χ3v) is 5.04. The first-order chi connectivity index (χ1) is 14.4. The summed E-state index contributed by atoms with van der Waals surface area (Å²) in [5, 5.41) is 4.54. The Hall–Kier alpha value is -2.93. The molecule has 0 saturated heterocycles. The van der Waals surface area contributed by atoms with Crippen LogP contribution in [-0.2, 0) is 6.61 Å². The molecule has 4 rings (SSSR count). The number of aromatic nitrogens is 1. The topological polar surface area (TPSA) is 44.5 Å². The van der Waals surface area contributed by atoms with Crippen LogP contribution >= 0.6 is 11.6 Å². The average molecular weight is 436 g/mol. The number of rotatable bonds is 7. The summed E-state index contributed by atoms with van der Waals surface area (Å²) in [6.45, 7) is 3.75. The van der Waals surface area contributed by atoms with E-state index >= 15 is 0 Å². The van der Waals surface area contributed by atoms with Gasteiger partial charge < -0.3 is 14.0 Å². The molecule has 0 unspecified atom stereocenters. The molecule has 0 spiro atoms. The third kappa shape index (κ3) is 4.46. The fraction of sp³-hybridized carbons (Fsp3) is 0.227. The highest BCUT2D eigenvalue weighted by atomic mass is 35.5. The average Bonchev–Trinajstić information content (AvgIpc) is 3.45. The molecule has 3 aromatic rings. The minimum absolute atomic E-state index is 0.0643. The van der Waals surface area contributed by atoms with Crippen molar-refractivity contribution in [2.45, 2.75) is 31.7 Å². The molecule has 4 nitrogen and oxygen atoms in total. The number of para-hydroxylation sites is 1. The molecule has 1 fully saturated rings. The summed E-state index contributed by atoms with van der Waals surface area (Å²) in [6.07, 6.45) is -1.32. The van der Waals surface area contributed by atoms with Gasteiger partial charge in [0.05, 0.1) is 10.6 Å². The molecular formula is C22H17ClF3NO3. The Morgan fingerprint density at radius 1 is 1.20 bits per heavy atom. The molecule has 1 aromatic heterocycles. The van der Waals surface area contributed by atoms with Gasteiger partial charge in [-0.3, -0.25) is 0 Å². The largest absolute Gasteiger partial charge is 0.573 e. The van der Waals surface area contributed by atoms with Gasteiger partial charge in [-0.2, -0.15) is 0 Å². The monoisotopic (exact) mass is 435 g/mol. The molecule has 1 aliphatic carbocycles. The second kappa shape index (κ2) is 8.07. The van der Waals surface area contributed by atoms with Gasteiger partial charge in [0.1, 0.15) is 29.6 Å². The van der Waals surface area contributed by atoms with Crippen LogP contribution in [0.2, 0.25) is 5.02 Å². The molecule has 156 valence electrons. The summed E-state index contributed by atoms with van der Waals surface area (Å²) in [4.78, 5) is 0. The van der Waals surface area contributed by atoms with Crippen LogP contribution in [0.15, 0.2) is 53.6 Å². The van der Waals surface area contributed by atoms with Crippen molar-refractivity contribution in [1.82, 2.24) is 5.16 Å². The van der Waals surface area contributed by atoms with Crippen molar-refractivity contribution in [2.24, 2.45) is 0 Å². The zero-order chi connectivity index (χ0) is 21.3. The van der Waals surface area contributed by atoms with Gasteiger partial charge >= 0.3 is 6.36 Å². The van der Waals surface area contributed by atoms with Crippen LogP contribution in [0, 0.1) is 0 Å². The maximum atomic E-state index is 12.8. The van der Waals surface area contributed by atoms with Crippen molar-refractivity contribution < 1.29 is 27.2 Å². The smallest absolute Gasteiger partial charge is 0.489 e. The van der Waals surface area contributed by atoms with Gasteiger partial charge in [-0.05, 0) is 48.7 Å². The van der Waals surface area contributed by atoms with E-state index in [1.807, 2.05) is 0 Å². The van der Waals surface area contributed by atoms with Crippen LogP contribution < -0.4 is 9.47 Å². The molecule has 0 bridgehead atoms. The minimum atomic E-state index is -4.82. The van der Waals surface area contributed by atoms with Crippen molar-refractivity contribution in [3.63, 3.8) is 0 Å². The number of ether oxygens (including phenoxy) is 2. The van der Waals surface area contributed by atoms with E-state index in [0.717, 1.165) is 18.4 Å². The fourth-order valence-electron chi connectivity index (χ4n) is 3.13. The Balaban J connectivity index is 1.67. The molecule has 0 atom stereocenters. The van der Waals surface area contributed by atoms with E-state index in [9.17, 15) is 13.2 Å². The summed E-state index contributed by atoms with van der Waals surface area (Å²) >= 11 is 6.19. The van der Waals surface area contributed by atoms with E-state index in [1.165, 1.54) is 18.2 Å². The number of benzene rings is 2. The van der Waals surface area contributed by atoms with Gasteiger partial charge in [0.2, 0.25) is 0 Å². The summed E-state index contributed by atoms with van der Waals surface area (Å²) in [6, 6.07) is 11.0. The van der Waals surface area contributed by atoms with E-state index < -0.39 is 6.36 Å². The predicted molar refractivity (Wildman–Crippen MR) is 106 cm³/mol. The molecule has 0 radical (unpaired) electrons. The first-order valence-electron chi connectivity index (χ1n) is 9.24. The Kier molecular flexibility index (Phi) is 5.47. The SMILES string of the molecule is C=Cc1ccc(OCc2c(-c3ccccc3OC(F)(F)F)noc2C2CC2)cc1Cl. The van der Waals surface area contributed by atoms with Gasteiger partial charge in [-0.1, -0.05) is 41.5 Å². The van der Waals surface area contributed by atoms with Gasteiger partial charge in [-0.15, -0.1) is 13.2 Å². The van der Waals surface area contributed by atoms with E-state index in [0.29, 0.717) is 22.1 Å². The van der Waals surface area contributed by atoms with Crippen molar-refractivity contribution in [1.29, 1.82) is 0 Å². The lowest BCUT2D eigenvalue weighted by Crippen LogP contribution is -2.17. The maximum absolute atomic E-state index is 12.8. The number of hydrogen-bond acceptors (Lipinski definition) is 4. The summed E-state index contributed by atoms with van der Waals surface area (Å²) in [5.41, 5.74) is 1.82. The van der Waals surface area contributed by atoms with E-state index in [1.54, 1.807) is 30.3 Å². The Morgan fingerprint density at radius 2 is 1.97 bits per heavy atom. The number of nitrogens with zero attached hydrogens (tertiary/aromatic N) is 1. The van der Waals surface area contributed by atoms with Gasteiger partial charge in [0.15, 0.2) is 0 Å². The van der Waals surface area contributed by atoms with Crippen molar-refractivity contribution >= 4 is 17.7 Å². The number of halogens is 4. The number of hydrogen-bond donors (Lipinski definition) is 0. The van der Waals surface area contributed by atoms with Crippen molar-refractivity contribution in [3.05, 3.63) is 71.0 Å². The van der Waals surface area contributed by atoms with Crippen LogP contribution in [0.5, 0.6) is 11.5 Å². The Morgan fingerprint density at radius 3 is 2.63 bits per heavy atom. The quantitative estimate of drug-likeness (QED) is 0.401. The van der Waals surface area contributed by atoms with E-state index in [-0.39, 0.29) is 29.5 Å². The van der Waals surface area contributed by atoms with Gasteiger partial charge in [-0.25, -0.2) is 0 Å². The molecule has 0 N–H and O–H groups in total.